The largest absolute Gasteiger partial charge is 0.493 e. The van der Waals surface area contributed by atoms with Crippen molar-refractivity contribution in [2.75, 3.05) is 13.2 Å². The molecule has 10 nitrogen and oxygen atoms in total. The molecular weight excluding hydrogens is 430 g/mol. The summed E-state index contributed by atoms with van der Waals surface area (Å²) in [6, 6.07) is 1.22. The number of ether oxygens (including phenoxy) is 3. The Kier molecular flexibility index (Phi) is 9.07. The normalized spacial score (nSPS) is 15.9. The average Bonchev–Trinajstić information content (AvgIpc) is 2.74. The molecule has 0 radical (unpaired) electrons. The number of esters is 1. The highest BCUT2D eigenvalue weighted by atomic mass is 16.6. The lowest BCUT2D eigenvalue weighted by Gasteiger charge is -2.32. The molecule has 2 N–H and O–H groups in total. The maximum Gasteiger partial charge on any atom is 0.338 e. The number of hydrogen-bond donors (Lipinski definition) is 2. The highest BCUT2D eigenvalue weighted by Gasteiger charge is 2.38. The number of carbonyl (C=O) groups is 2. The van der Waals surface area contributed by atoms with E-state index in [1.54, 1.807) is 13.8 Å². The fourth-order valence-corrected chi connectivity index (χ4v) is 3.38. The Morgan fingerprint density at radius 1 is 1.09 bits per heavy atom. The lowest BCUT2D eigenvalue weighted by atomic mass is 9.90. The van der Waals surface area contributed by atoms with E-state index in [0.717, 1.165) is 0 Å². The van der Waals surface area contributed by atoms with Crippen LogP contribution in [0.3, 0.4) is 0 Å². The van der Waals surface area contributed by atoms with Gasteiger partial charge in [0.15, 0.2) is 0 Å². The van der Waals surface area contributed by atoms with Crippen LogP contribution in [0.5, 0.6) is 11.5 Å². The Labute approximate surface area is 193 Å². The van der Waals surface area contributed by atoms with Crippen molar-refractivity contribution in [3.63, 3.8) is 0 Å². The molecule has 0 bridgehead atoms. The van der Waals surface area contributed by atoms with E-state index < -0.39 is 29.1 Å². The molecule has 1 heterocycles. The van der Waals surface area contributed by atoms with Gasteiger partial charge in [-0.2, -0.15) is 0 Å². The second kappa shape index (κ2) is 11.5. The van der Waals surface area contributed by atoms with Gasteiger partial charge < -0.3 is 24.8 Å². The quantitative estimate of drug-likeness (QED) is 0.283. The third-order valence-corrected chi connectivity index (χ3v) is 4.76. The van der Waals surface area contributed by atoms with Crippen molar-refractivity contribution < 1.29 is 28.7 Å². The minimum atomic E-state index is -1.01. The monoisotopic (exact) mass is 463 g/mol. The van der Waals surface area contributed by atoms with Gasteiger partial charge in [0.1, 0.15) is 5.75 Å². The average molecular weight is 464 g/mol. The van der Waals surface area contributed by atoms with Gasteiger partial charge in [0.05, 0.1) is 35.9 Å². The summed E-state index contributed by atoms with van der Waals surface area (Å²) in [6.45, 7) is 11.6. The number of carbonyl (C=O) groups excluding carboxylic acids is 2. The Morgan fingerprint density at radius 3 is 2.21 bits per heavy atom. The Hall–Kier alpha value is -3.30. The maximum atomic E-state index is 13.1. The van der Waals surface area contributed by atoms with E-state index in [1.165, 1.54) is 12.1 Å². The van der Waals surface area contributed by atoms with Crippen LogP contribution in [0.1, 0.15) is 66.0 Å². The Morgan fingerprint density at radius 2 is 1.70 bits per heavy atom. The first-order valence-electron chi connectivity index (χ1n) is 11.2. The van der Waals surface area contributed by atoms with Gasteiger partial charge in [0.2, 0.25) is 5.75 Å². The smallest absolute Gasteiger partial charge is 0.338 e. The molecule has 2 rings (SSSR count). The molecule has 2 amide bonds. The standard InChI is InChI=1S/C23H33N3O7/c1-7-9-31-17-12-18(32-10-8-2)16(26(29)30)11-15(17)21-19(22(27)33-14(5)6)20(13(3)4)24-23(28)25-21/h11-14,21H,7-10H2,1-6H3,(H2,24,25,28). The van der Waals surface area contributed by atoms with Crippen LogP contribution in [0.2, 0.25) is 0 Å². The molecule has 1 atom stereocenters. The third-order valence-electron chi connectivity index (χ3n) is 4.76. The predicted molar refractivity (Wildman–Crippen MR) is 122 cm³/mol. The van der Waals surface area contributed by atoms with E-state index in [4.69, 9.17) is 14.2 Å². The molecule has 0 aromatic heterocycles. The molecule has 0 spiro atoms. The number of rotatable bonds is 11. The SMILES string of the molecule is CCCOc1cc(OCCC)c([N+](=O)[O-])cc1C1NC(=O)NC(C(C)C)=C1C(=O)OC(C)C. The van der Waals surface area contributed by atoms with Crippen LogP contribution in [-0.2, 0) is 9.53 Å². The van der Waals surface area contributed by atoms with Gasteiger partial charge >= 0.3 is 17.7 Å². The summed E-state index contributed by atoms with van der Waals surface area (Å²) >= 11 is 0. The van der Waals surface area contributed by atoms with E-state index >= 15 is 0 Å². The first kappa shape index (κ1) is 26.0. The summed E-state index contributed by atoms with van der Waals surface area (Å²) < 4.78 is 16.9. The molecule has 33 heavy (non-hydrogen) atoms. The lowest BCUT2D eigenvalue weighted by Crippen LogP contribution is -2.47. The summed E-state index contributed by atoms with van der Waals surface area (Å²) in [7, 11) is 0. The van der Waals surface area contributed by atoms with Gasteiger partial charge in [-0.15, -0.1) is 0 Å². The van der Waals surface area contributed by atoms with Gasteiger partial charge in [-0.3, -0.25) is 10.1 Å². The second-order valence-corrected chi connectivity index (χ2v) is 8.28. The molecule has 0 fully saturated rings. The predicted octanol–water partition coefficient (Wildman–Crippen LogP) is 4.39. The molecule has 0 saturated heterocycles. The van der Waals surface area contributed by atoms with Crippen molar-refractivity contribution in [3.8, 4) is 11.5 Å². The van der Waals surface area contributed by atoms with Crippen molar-refractivity contribution in [1.29, 1.82) is 0 Å². The number of amides is 2. The van der Waals surface area contributed by atoms with Gasteiger partial charge in [-0.1, -0.05) is 27.7 Å². The van der Waals surface area contributed by atoms with Crippen LogP contribution in [0.25, 0.3) is 0 Å². The summed E-state index contributed by atoms with van der Waals surface area (Å²) in [5.41, 5.74) is 0.571. The summed E-state index contributed by atoms with van der Waals surface area (Å²) in [5, 5.41) is 17.2. The van der Waals surface area contributed by atoms with Crippen molar-refractivity contribution in [2.24, 2.45) is 5.92 Å². The molecule has 1 aromatic rings. The highest BCUT2D eigenvalue weighted by molar-refractivity contribution is 5.95. The fraction of sp³-hybridized carbons (Fsp3) is 0.565. The molecule has 10 heteroatoms. The third kappa shape index (κ3) is 6.36. The number of nitro groups is 1. The zero-order valence-corrected chi connectivity index (χ0v) is 20.0. The zero-order valence-electron chi connectivity index (χ0n) is 20.0. The number of benzene rings is 1. The lowest BCUT2D eigenvalue weighted by molar-refractivity contribution is -0.386. The van der Waals surface area contributed by atoms with Gasteiger partial charge in [0, 0.05) is 23.4 Å². The molecule has 0 saturated carbocycles. The van der Waals surface area contributed by atoms with Crippen LogP contribution in [0.4, 0.5) is 10.5 Å². The van der Waals surface area contributed by atoms with E-state index in [9.17, 15) is 19.7 Å². The molecule has 1 aromatic carbocycles. The van der Waals surface area contributed by atoms with Crippen LogP contribution >= 0.6 is 0 Å². The van der Waals surface area contributed by atoms with Crippen molar-refractivity contribution in [3.05, 3.63) is 39.1 Å². The maximum absolute atomic E-state index is 13.1. The number of nitro benzene ring substituents is 1. The molecule has 1 aliphatic rings. The Bertz CT molecular complexity index is 925. The van der Waals surface area contributed by atoms with E-state index in [2.05, 4.69) is 10.6 Å². The highest BCUT2D eigenvalue weighted by Crippen LogP contribution is 2.42. The van der Waals surface area contributed by atoms with Gasteiger partial charge in [-0.25, -0.2) is 9.59 Å². The van der Waals surface area contributed by atoms with E-state index in [1.807, 2.05) is 27.7 Å². The summed E-state index contributed by atoms with van der Waals surface area (Å²) in [4.78, 5) is 36.9. The molecule has 0 aliphatic carbocycles. The first-order chi connectivity index (χ1) is 15.6. The second-order valence-electron chi connectivity index (χ2n) is 8.28. The number of urea groups is 1. The fourth-order valence-electron chi connectivity index (χ4n) is 3.38. The summed E-state index contributed by atoms with van der Waals surface area (Å²) in [6.07, 6.45) is 0.960. The van der Waals surface area contributed by atoms with Crippen molar-refractivity contribution >= 4 is 17.7 Å². The minimum Gasteiger partial charge on any atom is -0.493 e. The van der Waals surface area contributed by atoms with Crippen LogP contribution in [0.15, 0.2) is 23.4 Å². The van der Waals surface area contributed by atoms with E-state index in [0.29, 0.717) is 37.5 Å². The number of nitrogens with zero attached hydrogens (tertiary/aromatic N) is 1. The number of allylic oxidation sites excluding steroid dienone is 1. The van der Waals surface area contributed by atoms with Gasteiger partial charge in [0.25, 0.3) is 0 Å². The van der Waals surface area contributed by atoms with Crippen LogP contribution < -0.4 is 20.1 Å². The minimum absolute atomic E-state index is 0.0660. The van der Waals surface area contributed by atoms with Crippen LogP contribution in [0, 0.1) is 16.0 Å². The Balaban J connectivity index is 2.76. The van der Waals surface area contributed by atoms with E-state index in [-0.39, 0.29) is 28.5 Å². The van der Waals surface area contributed by atoms with Crippen LogP contribution in [-0.4, -0.2) is 36.2 Å². The molecule has 182 valence electrons. The molecular formula is C23H33N3O7. The number of nitrogens with one attached hydrogen (secondary N) is 2. The number of hydrogen-bond acceptors (Lipinski definition) is 7. The van der Waals surface area contributed by atoms with Crippen molar-refractivity contribution in [1.82, 2.24) is 10.6 Å². The van der Waals surface area contributed by atoms with Crippen molar-refractivity contribution in [2.45, 2.75) is 66.5 Å². The summed E-state index contributed by atoms with van der Waals surface area (Å²) in [5.74, 6) is -0.480. The molecule has 1 unspecified atom stereocenters. The first-order valence-corrected chi connectivity index (χ1v) is 11.2. The zero-order chi connectivity index (χ0) is 24.7. The molecule has 1 aliphatic heterocycles. The van der Waals surface area contributed by atoms with Gasteiger partial charge in [-0.05, 0) is 32.6 Å². The topological polar surface area (TPSA) is 129 Å².